The van der Waals surface area contributed by atoms with Crippen LogP contribution in [0.4, 0.5) is 0 Å². The van der Waals surface area contributed by atoms with E-state index in [0.717, 1.165) is 19.0 Å². The third-order valence-electron chi connectivity index (χ3n) is 3.99. The van der Waals surface area contributed by atoms with Crippen molar-refractivity contribution in [2.24, 2.45) is 11.7 Å². The zero-order valence-electron chi connectivity index (χ0n) is 12.7. The van der Waals surface area contributed by atoms with E-state index in [0.29, 0.717) is 6.04 Å². The normalized spacial score (nSPS) is 16.9. The van der Waals surface area contributed by atoms with Gasteiger partial charge in [0.1, 0.15) is 0 Å². The number of nitrogens with zero attached hydrogens (tertiary/aromatic N) is 1. The van der Waals surface area contributed by atoms with Crippen molar-refractivity contribution in [1.29, 1.82) is 0 Å². The minimum absolute atomic E-state index is 0.388. The van der Waals surface area contributed by atoms with Gasteiger partial charge in [-0.05, 0) is 51.1 Å². The molecule has 0 heterocycles. The lowest BCUT2D eigenvalue weighted by atomic mass is 9.99. The Bertz CT molecular complexity index is 389. The summed E-state index contributed by atoms with van der Waals surface area (Å²) >= 11 is 0. The van der Waals surface area contributed by atoms with Crippen LogP contribution in [0.15, 0.2) is 18.2 Å². The molecule has 106 valence electrons. The molecule has 1 aliphatic carbocycles. The molecule has 1 aromatic carbocycles. The summed E-state index contributed by atoms with van der Waals surface area (Å²) in [6.45, 7) is 9.71. The van der Waals surface area contributed by atoms with Gasteiger partial charge in [-0.3, -0.25) is 4.90 Å². The third-order valence-corrected chi connectivity index (χ3v) is 3.99. The summed E-state index contributed by atoms with van der Waals surface area (Å²) in [5.41, 5.74) is 10.2. The molecule has 2 rings (SSSR count). The van der Waals surface area contributed by atoms with Crippen molar-refractivity contribution in [3.8, 4) is 0 Å². The first-order valence-electron chi connectivity index (χ1n) is 7.66. The Hall–Kier alpha value is -0.860. The van der Waals surface area contributed by atoms with Gasteiger partial charge in [0.15, 0.2) is 0 Å². The number of rotatable bonds is 7. The van der Waals surface area contributed by atoms with Crippen LogP contribution >= 0.6 is 0 Å². The number of hydrogen-bond acceptors (Lipinski definition) is 2. The van der Waals surface area contributed by atoms with Crippen molar-refractivity contribution in [2.75, 3.05) is 19.6 Å². The number of benzene rings is 1. The van der Waals surface area contributed by atoms with Gasteiger partial charge in [0.25, 0.3) is 0 Å². The topological polar surface area (TPSA) is 29.3 Å². The highest BCUT2D eigenvalue weighted by Crippen LogP contribution is 2.33. The summed E-state index contributed by atoms with van der Waals surface area (Å²) in [7, 11) is 0. The maximum absolute atomic E-state index is 6.09. The third kappa shape index (κ3) is 4.05. The molecule has 0 spiro atoms. The molecule has 0 amide bonds. The Balaban J connectivity index is 2.18. The quantitative estimate of drug-likeness (QED) is 0.814. The largest absolute Gasteiger partial charge is 0.329 e. The van der Waals surface area contributed by atoms with Crippen LogP contribution in [0.25, 0.3) is 0 Å². The molecular weight excluding hydrogens is 232 g/mol. The summed E-state index contributed by atoms with van der Waals surface area (Å²) < 4.78 is 0. The SMILES string of the molecule is CCCN(CC1CC1)C(CN)c1cc(C)cc(C)c1. The first-order chi connectivity index (χ1) is 9.13. The predicted octanol–water partition coefficient (Wildman–Crippen LogP) is 3.43. The van der Waals surface area contributed by atoms with Crippen molar-refractivity contribution in [3.05, 3.63) is 34.9 Å². The molecule has 1 atom stereocenters. The molecule has 0 aromatic heterocycles. The lowest BCUT2D eigenvalue weighted by molar-refractivity contribution is 0.193. The Kier molecular flexibility index (Phi) is 5.00. The maximum atomic E-state index is 6.09. The Morgan fingerprint density at radius 2 is 1.84 bits per heavy atom. The summed E-state index contributed by atoms with van der Waals surface area (Å²) in [6, 6.07) is 7.24. The van der Waals surface area contributed by atoms with E-state index in [9.17, 15) is 0 Å². The van der Waals surface area contributed by atoms with E-state index < -0.39 is 0 Å². The van der Waals surface area contributed by atoms with E-state index in [1.165, 1.54) is 42.5 Å². The van der Waals surface area contributed by atoms with Gasteiger partial charge in [-0.25, -0.2) is 0 Å². The number of aryl methyl sites for hydroxylation is 2. The minimum Gasteiger partial charge on any atom is -0.329 e. The van der Waals surface area contributed by atoms with Crippen molar-refractivity contribution in [2.45, 2.75) is 46.1 Å². The van der Waals surface area contributed by atoms with E-state index in [-0.39, 0.29) is 0 Å². The van der Waals surface area contributed by atoms with Crippen LogP contribution in [0, 0.1) is 19.8 Å². The second-order valence-corrected chi connectivity index (χ2v) is 6.11. The standard InChI is InChI=1S/C17H28N2/c1-4-7-19(12-15-5-6-15)17(11-18)16-9-13(2)8-14(3)10-16/h8-10,15,17H,4-7,11-12,18H2,1-3H3. The van der Waals surface area contributed by atoms with Gasteiger partial charge in [0, 0.05) is 19.1 Å². The monoisotopic (exact) mass is 260 g/mol. The minimum atomic E-state index is 0.388. The molecule has 2 N–H and O–H groups in total. The van der Waals surface area contributed by atoms with Crippen molar-refractivity contribution < 1.29 is 0 Å². The van der Waals surface area contributed by atoms with Gasteiger partial charge < -0.3 is 5.73 Å². The molecule has 1 aliphatic rings. The van der Waals surface area contributed by atoms with Crippen LogP contribution in [0.5, 0.6) is 0 Å². The molecule has 1 unspecified atom stereocenters. The van der Waals surface area contributed by atoms with Crippen molar-refractivity contribution >= 4 is 0 Å². The highest BCUT2D eigenvalue weighted by Gasteiger charge is 2.28. The average molecular weight is 260 g/mol. The molecule has 1 fully saturated rings. The zero-order chi connectivity index (χ0) is 13.8. The second-order valence-electron chi connectivity index (χ2n) is 6.11. The average Bonchev–Trinajstić information content (AvgIpc) is 3.13. The molecule has 2 heteroatoms. The van der Waals surface area contributed by atoms with Crippen molar-refractivity contribution in [3.63, 3.8) is 0 Å². The molecule has 0 bridgehead atoms. The van der Waals surface area contributed by atoms with E-state index >= 15 is 0 Å². The number of hydrogen-bond donors (Lipinski definition) is 1. The molecule has 2 nitrogen and oxygen atoms in total. The lowest BCUT2D eigenvalue weighted by Gasteiger charge is -2.31. The Labute approximate surface area is 118 Å². The van der Waals surface area contributed by atoms with Gasteiger partial charge in [0.2, 0.25) is 0 Å². The number of nitrogens with two attached hydrogens (primary N) is 1. The van der Waals surface area contributed by atoms with Crippen LogP contribution in [-0.4, -0.2) is 24.5 Å². The Morgan fingerprint density at radius 1 is 1.21 bits per heavy atom. The van der Waals surface area contributed by atoms with Gasteiger partial charge in [-0.2, -0.15) is 0 Å². The molecule has 1 saturated carbocycles. The van der Waals surface area contributed by atoms with Gasteiger partial charge >= 0.3 is 0 Å². The molecule has 0 aliphatic heterocycles. The van der Waals surface area contributed by atoms with Gasteiger partial charge in [-0.1, -0.05) is 36.2 Å². The molecule has 1 aromatic rings. The molecule has 0 saturated heterocycles. The first kappa shape index (κ1) is 14.5. The fourth-order valence-corrected chi connectivity index (χ4v) is 2.99. The molecular formula is C17H28N2. The fourth-order valence-electron chi connectivity index (χ4n) is 2.99. The Morgan fingerprint density at radius 3 is 2.32 bits per heavy atom. The van der Waals surface area contributed by atoms with Crippen LogP contribution in [0.3, 0.4) is 0 Å². The highest BCUT2D eigenvalue weighted by atomic mass is 15.2. The zero-order valence-corrected chi connectivity index (χ0v) is 12.7. The second kappa shape index (κ2) is 6.53. The summed E-state index contributed by atoms with van der Waals surface area (Å²) in [5.74, 6) is 0.923. The van der Waals surface area contributed by atoms with E-state index in [4.69, 9.17) is 5.73 Å². The van der Waals surface area contributed by atoms with Crippen LogP contribution in [0.1, 0.15) is 48.9 Å². The maximum Gasteiger partial charge on any atom is 0.0470 e. The molecule has 0 radical (unpaired) electrons. The van der Waals surface area contributed by atoms with E-state index in [2.05, 4.69) is 43.9 Å². The van der Waals surface area contributed by atoms with E-state index in [1.54, 1.807) is 0 Å². The summed E-state index contributed by atoms with van der Waals surface area (Å²) in [5, 5.41) is 0. The van der Waals surface area contributed by atoms with Crippen LogP contribution < -0.4 is 5.73 Å². The fraction of sp³-hybridized carbons (Fsp3) is 0.647. The smallest absolute Gasteiger partial charge is 0.0470 e. The van der Waals surface area contributed by atoms with Gasteiger partial charge in [0.05, 0.1) is 0 Å². The van der Waals surface area contributed by atoms with Crippen LogP contribution in [0.2, 0.25) is 0 Å². The van der Waals surface area contributed by atoms with E-state index in [1.807, 2.05) is 0 Å². The van der Waals surface area contributed by atoms with Crippen molar-refractivity contribution in [1.82, 2.24) is 4.90 Å². The lowest BCUT2D eigenvalue weighted by Crippen LogP contribution is -2.36. The first-order valence-corrected chi connectivity index (χ1v) is 7.66. The van der Waals surface area contributed by atoms with Gasteiger partial charge in [-0.15, -0.1) is 0 Å². The molecule has 19 heavy (non-hydrogen) atoms. The highest BCUT2D eigenvalue weighted by molar-refractivity contribution is 5.31. The van der Waals surface area contributed by atoms with Crippen LogP contribution in [-0.2, 0) is 0 Å². The predicted molar refractivity (Wildman–Crippen MR) is 82.3 cm³/mol. The summed E-state index contributed by atoms with van der Waals surface area (Å²) in [4.78, 5) is 2.60. The summed E-state index contributed by atoms with van der Waals surface area (Å²) in [6.07, 6.45) is 4.02.